The van der Waals surface area contributed by atoms with E-state index in [2.05, 4.69) is 19.6 Å². The van der Waals surface area contributed by atoms with Gasteiger partial charge in [-0.1, -0.05) is 0 Å². The number of carbonyl (C=O) groups is 4. The summed E-state index contributed by atoms with van der Waals surface area (Å²) in [5.41, 5.74) is 0. The first-order valence-corrected chi connectivity index (χ1v) is 14.0. The highest BCUT2D eigenvalue weighted by atomic mass is 16.5. The molecule has 0 aromatic rings. The summed E-state index contributed by atoms with van der Waals surface area (Å²) in [5, 5.41) is 0. The second-order valence-corrected chi connectivity index (χ2v) is 11.0. The maximum absolute atomic E-state index is 12.7. The average Bonchev–Trinajstić information content (AvgIpc) is 2.95. The minimum atomic E-state index is -0.570. The smallest absolute Gasteiger partial charge is 0.322 e. The summed E-state index contributed by atoms with van der Waals surface area (Å²) in [6.45, 7) is 17.0. The maximum Gasteiger partial charge on any atom is 0.322 e. The highest BCUT2D eigenvalue weighted by Crippen LogP contribution is 2.22. The molecule has 8 unspecified atom stereocenters. The molecule has 0 spiro atoms. The monoisotopic (exact) mass is 572 g/mol. The number of ether oxygens (including phenoxy) is 4. The number of carbonyl (C=O) groups excluding carboxylic acids is 4. The maximum atomic E-state index is 12.7. The molecule has 0 aromatic heterocycles. The minimum Gasteiger partial charge on any atom is -0.468 e. The summed E-state index contributed by atoms with van der Waals surface area (Å²) in [7, 11) is 5.45. The Bertz CT molecular complexity index is 722. The van der Waals surface area contributed by atoms with Gasteiger partial charge in [-0.15, -0.1) is 0 Å². The first-order valence-electron chi connectivity index (χ1n) is 14.0. The lowest BCUT2D eigenvalue weighted by atomic mass is 10.0. The van der Waals surface area contributed by atoms with Crippen LogP contribution in [0.5, 0.6) is 0 Å². The fourth-order valence-corrected chi connectivity index (χ4v) is 5.74. The quantitative estimate of drug-likeness (QED) is 0.305. The van der Waals surface area contributed by atoms with E-state index >= 15 is 0 Å². The Balaban J connectivity index is 3.73. The second-order valence-electron chi connectivity index (χ2n) is 11.0. The number of esters is 4. The van der Waals surface area contributed by atoms with Crippen molar-refractivity contribution in [2.75, 3.05) is 54.6 Å². The summed E-state index contributed by atoms with van der Waals surface area (Å²) in [4.78, 5) is 59.1. The Hall–Kier alpha value is -2.28. The summed E-state index contributed by atoms with van der Waals surface area (Å²) >= 11 is 0. The van der Waals surface area contributed by atoms with Crippen LogP contribution in [0.15, 0.2) is 0 Å². The van der Waals surface area contributed by atoms with Crippen LogP contribution in [0, 0.1) is 0 Å². The second kappa shape index (κ2) is 16.2. The van der Waals surface area contributed by atoms with Gasteiger partial charge in [-0.25, -0.2) is 0 Å². The van der Waals surface area contributed by atoms with E-state index in [-0.39, 0.29) is 48.0 Å². The molecule has 1 fully saturated rings. The zero-order valence-electron chi connectivity index (χ0n) is 26.5. The summed E-state index contributed by atoms with van der Waals surface area (Å²) in [6.07, 6.45) is 0. The zero-order valence-corrected chi connectivity index (χ0v) is 26.5. The van der Waals surface area contributed by atoms with Gasteiger partial charge >= 0.3 is 23.9 Å². The van der Waals surface area contributed by atoms with Crippen LogP contribution < -0.4 is 0 Å². The molecular weight excluding hydrogens is 520 g/mol. The van der Waals surface area contributed by atoms with Crippen LogP contribution in [0.3, 0.4) is 0 Å². The molecule has 1 saturated heterocycles. The standard InChI is InChI=1S/C28H52N4O8/c1-17-13-30(22(6)26(34)38-10)19(3)15-32(24(8)28(36)40-12)20(4)16-31(23(7)27(35)39-11)18(2)14-29(17)21(5)25(33)37-9/h17-24H,13-16H2,1-12H3. The Morgan fingerprint density at radius 2 is 0.600 bits per heavy atom. The molecule has 0 amide bonds. The highest BCUT2D eigenvalue weighted by Gasteiger charge is 2.39. The van der Waals surface area contributed by atoms with Crippen molar-refractivity contribution in [2.45, 2.75) is 104 Å². The zero-order chi connectivity index (χ0) is 30.9. The fraction of sp³-hybridized carbons (Fsp3) is 0.857. The van der Waals surface area contributed by atoms with E-state index < -0.39 is 24.2 Å². The number of methoxy groups -OCH3 is 4. The normalized spacial score (nSPS) is 27.7. The van der Waals surface area contributed by atoms with Crippen molar-refractivity contribution in [3.05, 3.63) is 0 Å². The van der Waals surface area contributed by atoms with Gasteiger partial charge in [0.25, 0.3) is 0 Å². The molecule has 1 aliphatic rings. The molecular formula is C28H52N4O8. The Morgan fingerprint density at radius 3 is 0.725 bits per heavy atom. The van der Waals surface area contributed by atoms with Crippen molar-refractivity contribution in [1.29, 1.82) is 0 Å². The van der Waals surface area contributed by atoms with Gasteiger partial charge in [0.05, 0.1) is 28.4 Å². The van der Waals surface area contributed by atoms with Crippen molar-refractivity contribution in [1.82, 2.24) is 19.6 Å². The molecule has 232 valence electrons. The largest absolute Gasteiger partial charge is 0.468 e. The van der Waals surface area contributed by atoms with Gasteiger partial charge in [0.15, 0.2) is 0 Å². The van der Waals surface area contributed by atoms with Crippen molar-refractivity contribution in [2.24, 2.45) is 0 Å². The lowest BCUT2D eigenvalue weighted by molar-refractivity contribution is -0.154. The first kappa shape index (κ1) is 35.7. The highest BCUT2D eigenvalue weighted by molar-refractivity contribution is 5.76. The van der Waals surface area contributed by atoms with Crippen LogP contribution in [0.1, 0.15) is 55.4 Å². The molecule has 0 bridgehead atoms. The van der Waals surface area contributed by atoms with E-state index in [1.807, 2.05) is 27.7 Å². The van der Waals surface area contributed by atoms with Crippen molar-refractivity contribution < 1.29 is 38.1 Å². The van der Waals surface area contributed by atoms with Gasteiger partial charge in [0.1, 0.15) is 24.2 Å². The predicted octanol–water partition coefficient (Wildman–Crippen LogP) is 1.01. The third kappa shape index (κ3) is 8.86. The van der Waals surface area contributed by atoms with Crippen LogP contribution in [0.2, 0.25) is 0 Å². The molecule has 12 nitrogen and oxygen atoms in total. The van der Waals surface area contributed by atoms with Gasteiger partial charge in [-0.05, 0) is 55.4 Å². The van der Waals surface area contributed by atoms with Gasteiger partial charge in [-0.2, -0.15) is 0 Å². The Morgan fingerprint density at radius 1 is 0.450 bits per heavy atom. The topological polar surface area (TPSA) is 118 Å². The van der Waals surface area contributed by atoms with E-state index in [1.54, 1.807) is 27.7 Å². The van der Waals surface area contributed by atoms with Gasteiger partial charge < -0.3 is 18.9 Å². The van der Waals surface area contributed by atoms with E-state index in [4.69, 9.17) is 18.9 Å². The van der Waals surface area contributed by atoms with Crippen LogP contribution >= 0.6 is 0 Å². The van der Waals surface area contributed by atoms with E-state index in [0.717, 1.165) is 0 Å². The van der Waals surface area contributed by atoms with Crippen molar-refractivity contribution in [3.8, 4) is 0 Å². The van der Waals surface area contributed by atoms with Gasteiger partial charge in [0.2, 0.25) is 0 Å². The van der Waals surface area contributed by atoms with Crippen LogP contribution in [0.25, 0.3) is 0 Å². The summed E-state index contributed by atoms with van der Waals surface area (Å²) < 4.78 is 20.3. The average molecular weight is 573 g/mol. The number of hydrogen-bond donors (Lipinski definition) is 0. The predicted molar refractivity (Wildman–Crippen MR) is 151 cm³/mol. The molecule has 1 aliphatic heterocycles. The van der Waals surface area contributed by atoms with Crippen LogP contribution in [0.4, 0.5) is 0 Å². The van der Waals surface area contributed by atoms with Crippen molar-refractivity contribution in [3.63, 3.8) is 0 Å². The van der Waals surface area contributed by atoms with Crippen LogP contribution in [-0.4, -0.2) is 146 Å². The van der Waals surface area contributed by atoms with Crippen LogP contribution in [-0.2, 0) is 38.1 Å². The van der Waals surface area contributed by atoms with E-state index in [1.165, 1.54) is 28.4 Å². The molecule has 0 aliphatic carbocycles. The molecule has 0 saturated carbocycles. The fourth-order valence-electron chi connectivity index (χ4n) is 5.74. The molecule has 40 heavy (non-hydrogen) atoms. The first-order chi connectivity index (χ1) is 18.7. The Kier molecular flexibility index (Phi) is 14.5. The molecule has 1 rings (SSSR count). The number of hydrogen-bond acceptors (Lipinski definition) is 12. The summed E-state index contributed by atoms with van der Waals surface area (Å²) in [5.74, 6) is -1.48. The summed E-state index contributed by atoms with van der Waals surface area (Å²) in [6, 6.07) is -3.04. The van der Waals surface area contributed by atoms with Crippen molar-refractivity contribution >= 4 is 23.9 Å². The van der Waals surface area contributed by atoms with E-state index in [9.17, 15) is 19.2 Å². The lowest BCUT2D eigenvalue weighted by Gasteiger charge is -2.47. The van der Waals surface area contributed by atoms with Gasteiger partial charge in [-0.3, -0.25) is 38.8 Å². The molecule has 0 aromatic carbocycles. The lowest BCUT2D eigenvalue weighted by Crippen LogP contribution is -2.62. The SMILES string of the molecule is COC(=O)C(C)N1CC(C)N(C(C)C(=O)OC)CC(C)N(C(C)C(=O)OC)CC(C)N(C(C)C(=O)OC)CC1C. The van der Waals surface area contributed by atoms with Gasteiger partial charge in [0, 0.05) is 50.3 Å². The molecule has 8 atom stereocenters. The molecule has 0 radical (unpaired) electrons. The third-order valence-corrected chi connectivity index (χ3v) is 8.32. The molecule has 12 heteroatoms. The Labute approximate surface area is 240 Å². The minimum absolute atomic E-state index is 0.190. The third-order valence-electron chi connectivity index (χ3n) is 8.32. The molecule has 1 heterocycles. The number of nitrogens with zero attached hydrogens (tertiary/aromatic N) is 4. The molecule has 0 N–H and O–H groups in total. The number of rotatable bonds is 8. The van der Waals surface area contributed by atoms with E-state index in [0.29, 0.717) is 26.2 Å².